The van der Waals surface area contributed by atoms with E-state index in [2.05, 4.69) is 11.4 Å². The molecule has 2 aromatic carbocycles. The molecule has 0 atom stereocenters. The summed E-state index contributed by atoms with van der Waals surface area (Å²) in [5, 5.41) is 11.8. The minimum atomic E-state index is -0.00626. The first-order chi connectivity index (χ1) is 11.6. The topological polar surface area (TPSA) is 65.4 Å². The van der Waals surface area contributed by atoms with Crippen LogP contribution in [0.5, 0.6) is 5.75 Å². The van der Waals surface area contributed by atoms with E-state index in [9.17, 15) is 4.79 Å². The monoisotopic (exact) mass is 323 g/mol. The first-order valence-electron chi connectivity index (χ1n) is 7.82. The molecule has 24 heavy (non-hydrogen) atoms. The van der Waals surface area contributed by atoms with Gasteiger partial charge >= 0.3 is 0 Å². The molecular formula is C19H21N3O2. The van der Waals surface area contributed by atoms with E-state index in [-0.39, 0.29) is 12.5 Å². The lowest BCUT2D eigenvalue weighted by atomic mass is 10.2. The van der Waals surface area contributed by atoms with Gasteiger partial charge in [-0.15, -0.1) is 0 Å². The molecule has 0 saturated carbocycles. The van der Waals surface area contributed by atoms with E-state index in [0.29, 0.717) is 18.7 Å². The van der Waals surface area contributed by atoms with Crippen LogP contribution < -0.4 is 10.1 Å². The molecule has 0 spiro atoms. The average Bonchev–Trinajstić information content (AvgIpc) is 2.62. The smallest absolute Gasteiger partial charge is 0.241 e. The first-order valence-corrected chi connectivity index (χ1v) is 7.82. The van der Waals surface area contributed by atoms with Crippen molar-refractivity contribution in [2.75, 3.05) is 25.5 Å². The molecule has 5 nitrogen and oxygen atoms in total. The van der Waals surface area contributed by atoms with Crippen molar-refractivity contribution in [1.29, 1.82) is 5.26 Å². The Balaban J connectivity index is 1.83. The number of hydrogen-bond acceptors (Lipinski definition) is 4. The maximum atomic E-state index is 12.2. The lowest BCUT2D eigenvalue weighted by Gasteiger charge is -2.18. The van der Waals surface area contributed by atoms with Crippen molar-refractivity contribution in [2.24, 2.45) is 0 Å². The Kier molecular flexibility index (Phi) is 6.21. The van der Waals surface area contributed by atoms with E-state index in [1.54, 1.807) is 36.2 Å². The van der Waals surface area contributed by atoms with Gasteiger partial charge < -0.3 is 15.0 Å². The average molecular weight is 323 g/mol. The second-order valence-electron chi connectivity index (χ2n) is 5.37. The van der Waals surface area contributed by atoms with Gasteiger partial charge in [-0.05, 0) is 48.9 Å². The van der Waals surface area contributed by atoms with Gasteiger partial charge in [0.15, 0.2) is 0 Å². The quantitative estimate of drug-likeness (QED) is 0.850. The van der Waals surface area contributed by atoms with Gasteiger partial charge in [0.05, 0.1) is 24.8 Å². The molecule has 0 saturated heterocycles. The van der Waals surface area contributed by atoms with Crippen molar-refractivity contribution in [3.05, 3.63) is 59.7 Å². The Bertz CT molecular complexity index is 703. The van der Waals surface area contributed by atoms with Crippen LogP contribution in [0.3, 0.4) is 0 Å². The molecule has 0 aromatic heterocycles. The highest BCUT2D eigenvalue weighted by Crippen LogP contribution is 2.13. The molecule has 0 fully saturated rings. The van der Waals surface area contributed by atoms with Crippen LogP contribution in [0.15, 0.2) is 48.5 Å². The summed E-state index contributed by atoms with van der Waals surface area (Å²) in [5.41, 5.74) is 2.46. The highest BCUT2D eigenvalue weighted by Gasteiger charge is 2.09. The third kappa shape index (κ3) is 5.03. The van der Waals surface area contributed by atoms with Crippen LogP contribution in [-0.2, 0) is 11.3 Å². The third-order valence-corrected chi connectivity index (χ3v) is 3.54. The van der Waals surface area contributed by atoms with Crippen LogP contribution in [0.1, 0.15) is 18.1 Å². The van der Waals surface area contributed by atoms with Gasteiger partial charge in [-0.25, -0.2) is 0 Å². The molecule has 0 aliphatic rings. The molecule has 1 N–H and O–H groups in total. The Morgan fingerprint density at radius 1 is 1.17 bits per heavy atom. The molecule has 0 bridgehead atoms. The number of likely N-dealkylation sites (N-methyl/N-ethyl adjacent to an activating group) is 1. The molecule has 0 aliphatic heterocycles. The van der Waals surface area contributed by atoms with Crippen molar-refractivity contribution in [1.82, 2.24) is 4.90 Å². The largest absolute Gasteiger partial charge is 0.494 e. The minimum absolute atomic E-state index is 0.00626. The van der Waals surface area contributed by atoms with Crippen LogP contribution in [0.4, 0.5) is 5.69 Å². The fourth-order valence-corrected chi connectivity index (χ4v) is 2.20. The molecule has 0 heterocycles. The molecule has 0 aliphatic carbocycles. The molecular weight excluding hydrogens is 302 g/mol. The summed E-state index contributed by atoms with van der Waals surface area (Å²) in [6, 6.07) is 16.8. The number of hydrogen-bond donors (Lipinski definition) is 1. The lowest BCUT2D eigenvalue weighted by molar-refractivity contribution is -0.128. The summed E-state index contributed by atoms with van der Waals surface area (Å²) >= 11 is 0. The Morgan fingerprint density at radius 3 is 2.42 bits per heavy atom. The Morgan fingerprint density at radius 2 is 1.83 bits per heavy atom. The zero-order chi connectivity index (χ0) is 17.4. The predicted molar refractivity (Wildman–Crippen MR) is 93.7 cm³/mol. The van der Waals surface area contributed by atoms with E-state index in [4.69, 9.17) is 10.00 Å². The molecule has 2 rings (SSSR count). The summed E-state index contributed by atoms with van der Waals surface area (Å²) < 4.78 is 5.41. The highest BCUT2D eigenvalue weighted by molar-refractivity contribution is 5.80. The van der Waals surface area contributed by atoms with Crippen molar-refractivity contribution in [3.63, 3.8) is 0 Å². The second-order valence-corrected chi connectivity index (χ2v) is 5.37. The van der Waals surface area contributed by atoms with E-state index >= 15 is 0 Å². The van der Waals surface area contributed by atoms with E-state index in [1.165, 1.54) is 0 Å². The molecule has 0 radical (unpaired) electrons. The van der Waals surface area contributed by atoms with Crippen molar-refractivity contribution < 1.29 is 9.53 Å². The molecule has 2 aromatic rings. The van der Waals surface area contributed by atoms with Crippen LogP contribution in [-0.4, -0.2) is 31.0 Å². The summed E-state index contributed by atoms with van der Waals surface area (Å²) in [4.78, 5) is 13.9. The third-order valence-electron chi connectivity index (χ3n) is 3.54. The zero-order valence-electron chi connectivity index (χ0n) is 14.0. The maximum Gasteiger partial charge on any atom is 0.241 e. The number of nitrogens with one attached hydrogen (secondary N) is 1. The van der Waals surface area contributed by atoms with Gasteiger partial charge in [-0.2, -0.15) is 5.26 Å². The number of benzene rings is 2. The Labute approximate surface area is 142 Å². The summed E-state index contributed by atoms with van der Waals surface area (Å²) in [5.74, 6) is 0.825. The van der Waals surface area contributed by atoms with Gasteiger partial charge in [-0.1, -0.05) is 12.1 Å². The number of nitriles is 1. The van der Waals surface area contributed by atoms with E-state index in [1.807, 2.05) is 31.2 Å². The summed E-state index contributed by atoms with van der Waals surface area (Å²) in [6.45, 7) is 3.33. The van der Waals surface area contributed by atoms with Gasteiger partial charge in [0, 0.05) is 19.3 Å². The number of nitrogens with zero attached hydrogens (tertiary/aromatic N) is 2. The molecule has 1 amide bonds. The molecule has 5 heteroatoms. The van der Waals surface area contributed by atoms with Gasteiger partial charge in [0.25, 0.3) is 0 Å². The second kappa shape index (κ2) is 8.59. The van der Waals surface area contributed by atoms with Crippen molar-refractivity contribution in [3.8, 4) is 11.8 Å². The van der Waals surface area contributed by atoms with Crippen LogP contribution >= 0.6 is 0 Å². The van der Waals surface area contributed by atoms with Crippen LogP contribution in [0, 0.1) is 11.3 Å². The van der Waals surface area contributed by atoms with Crippen LogP contribution in [0.25, 0.3) is 0 Å². The normalized spacial score (nSPS) is 9.88. The first kappa shape index (κ1) is 17.4. The number of ether oxygens (including phenoxy) is 1. The van der Waals surface area contributed by atoms with Gasteiger partial charge in [0.1, 0.15) is 5.75 Å². The number of carbonyl (C=O) groups is 1. The molecule has 124 valence electrons. The summed E-state index contributed by atoms with van der Waals surface area (Å²) in [7, 11) is 1.78. The maximum absolute atomic E-state index is 12.2. The highest BCUT2D eigenvalue weighted by atomic mass is 16.5. The fraction of sp³-hybridized carbons (Fsp3) is 0.263. The zero-order valence-corrected chi connectivity index (χ0v) is 14.0. The van der Waals surface area contributed by atoms with E-state index in [0.717, 1.165) is 17.0 Å². The SMILES string of the molecule is CCOc1ccc(CN(C)C(=O)CNc2ccc(C#N)cc2)cc1. The predicted octanol–water partition coefficient (Wildman–Crippen LogP) is 3.03. The van der Waals surface area contributed by atoms with Gasteiger partial charge in [0.2, 0.25) is 5.91 Å². The summed E-state index contributed by atoms with van der Waals surface area (Å²) in [6.07, 6.45) is 0. The standard InChI is InChI=1S/C19H21N3O2/c1-3-24-18-10-6-16(7-11-18)14-22(2)19(23)13-21-17-8-4-15(12-20)5-9-17/h4-11,21H,3,13-14H2,1-2H3. The fourth-order valence-electron chi connectivity index (χ4n) is 2.20. The Hall–Kier alpha value is -3.00. The lowest BCUT2D eigenvalue weighted by Crippen LogP contribution is -2.31. The van der Waals surface area contributed by atoms with Crippen molar-refractivity contribution in [2.45, 2.75) is 13.5 Å². The number of anilines is 1. The number of amides is 1. The number of carbonyl (C=O) groups excluding carboxylic acids is 1. The molecule has 0 unspecified atom stereocenters. The number of rotatable bonds is 7. The van der Waals surface area contributed by atoms with Gasteiger partial charge in [-0.3, -0.25) is 4.79 Å². The minimum Gasteiger partial charge on any atom is -0.494 e. The van der Waals surface area contributed by atoms with E-state index < -0.39 is 0 Å². The van der Waals surface area contributed by atoms with Crippen LogP contribution in [0.2, 0.25) is 0 Å². The van der Waals surface area contributed by atoms with Crippen molar-refractivity contribution >= 4 is 11.6 Å².